The highest BCUT2D eigenvalue weighted by atomic mass is 35.5. The lowest BCUT2D eigenvalue weighted by Crippen LogP contribution is -2.28. The van der Waals surface area contributed by atoms with E-state index in [1.807, 2.05) is 0 Å². The number of benzene rings is 2. The minimum Gasteiger partial charge on any atom is -0.384 e. The number of carbonyl (C=O) groups excluding carboxylic acids is 1. The van der Waals surface area contributed by atoms with Crippen LogP contribution in [0, 0.1) is 0 Å². The maximum Gasteiger partial charge on any atom is 0.339 e. The zero-order valence-corrected chi connectivity index (χ0v) is 24.3. The number of nitrogens with two attached hydrogens (primary N) is 1. The zero-order valence-electron chi connectivity index (χ0n) is 21.9. The van der Waals surface area contributed by atoms with E-state index in [2.05, 4.69) is 34.8 Å². The van der Waals surface area contributed by atoms with Crippen LogP contribution in [0.25, 0.3) is 10.2 Å². The largest absolute Gasteiger partial charge is 0.384 e. The number of thiazole rings is 1. The molecule has 12 heteroatoms. The Morgan fingerprint density at radius 1 is 1.03 bits per heavy atom. The number of nitrogens with one attached hydrogen (secondary N) is 3. The van der Waals surface area contributed by atoms with Gasteiger partial charge in [0, 0.05) is 37.3 Å². The van der Waals surface area contributed by atoms with E-state index in [4.69, 9.17) is 9.92 Å². The van der Waals surface area contributed by atoms with Gasteiger partial charge in [-0.3, -0.25) is 4.79 Å². The molecule has 0 atom stereocenters. The summed E-state index contributed by atoms with van der Waals surface area (Å²) in [6.45, 7) is 6.41. The molecule has 1 aromatic heterocycles. The zero-order chi connectivity index (χ0) is 26.7. The number of nitrogens with zero attached hydrogens (tertiary/aromatic N) is 1. The van der Waals surface area contributed by atoms with Gasteiger partial charge in [-0.2, -0.15) is 8.42 Å². The normalized spacial score (nSPS) is 11.4. The quantitative estimate of drug-likeness (QED) is 0.135. The van der Waals surface area contributed by atoms with E-state index in [0.717, 1.165) is 55.6 Å². The van der Waals surface area contributed by atoms with E-state index >= 15 is 0 Å². The third-order valence-corrected chi connectivity index (χ3v) is 7.76. The fourth-order valence-electron chi connectivity index (χ4n) is 3.63. The molecule has 38 heavy (non-hydrogen) atoms. The first-order valence-corrected chi connectivity index (χ1v) is 14.9. The van der Waals surface area contributed by atoms with Crippen LogP contribution < -0.4 is 25.9 Å². The third-order valence-electron chi connectivity index (χ3n) is 5.57. The molecule has 0 fully saturated rings. The molecule has 0 aliphatic heterocycles. The molecule has 0 bridgehead atoms. The Bertz CT molecular complexity index is 1250. The lowest BCUT2D eigenvalue weighted by molar-refractivity contribution is -0.116. The number of unbranched alkanes of at least 4 members (excludes halogenated alkanes) is 4. The molecule has 1 amide bonds. The van der Waals surface area contributed by atoms with E-state index in [1.54, 1.807) is 30.3 Å². The van der Waals surface area contributed by atoms with Crippen molar-refractivity contribution >= 4 is 60.8 Å². The van der Waals surface area contributed by atoms with E-state index in [1.165, 1.54) is 23.5 Å². The van der Waals surface area contributed by atoms with Gasteiger partial charge in [-0.05, 0) is 55.8 Å². The van der Waals surface area contributed by atoms with E-state index in [-0.39, 0.29) is 29.0 Å². The molecule has 1 heterocycles. The first-order valence-electron chi connectivity index (χ1n) is 12.7. The number of aromatic nitrogens is 1. The van der Waals surface area contributed by atoms with Crippen molar-refractivity contribution in [1.82, 2.24) is 10.3 Å². The summed E-state index contributed by atoms with van der Waals surface area (Å²) in [6.07, 6.45) is 5.45. The molecule has 2 aromatic carbocycles. The highest BCUT2D eigenvalue weighted by molar-refractivity contribution is 7.87. The Morgan fingerprint density at radius 3 is 2.45 bits per heavy atom. The second-order valence-electron chi connectivity index (χ2n) is 9.10. The monoisotopic (exact) mass is 583 g/mol. The van der Waals surface area contributed by atoms with Gasteiger partial charge < -0.3 is 25.9 Å². The number of rotatable bonds is 16. The molecule has 9 nitrogen and oxygen atoms in total. The van der Waals surface area contributed by atoms with Gasteiger partial charge in [-0.15, -0.1) is 12.4 Å². The maximum atomic E-state index is 12.8. The van der Waals surface area contributed by atoms with Crippen molar-refractivity contribution in [3.8, 4) is 5.75 Å². The van der Waals surface area contributed by atoms with Crippen molar-refractivity contribution in [1.29, 1.82) is 0 Å². The Balaban J connectivity index is 0.00000507. The Morgan fingerprint density at radius 2 is 1.74 bits per heavy atom. The highest BCUT2D eigenvalue weighted by Gasteiger charge is 2.18. The van der Waals surface area contributed by atoms with Crippen molar-refractivity contribution < 1.29 is 17.4 Å². The maximum absolute atomic E-state index is 12.8. The van der Waals surface area contributed by atoms with Crippen molar-refractivity contribution in [3.63, 3.8) is 0 Å². The standard InChI is InChI=1S/C26H37N5O4S2.ClH/c1-19(2)28-16-17-29-20-9-12-22(13-10-20)37(33,34)35-21-11-14-23-24(18-21)36-26(30-23)31-25(32)8-6-4-3-5-7-15-27;/h9-14,18-19,28-29H,3-8,15-17,27H2,1-2H3,(H,30,31,32);1H. The first-order chi connectivity index (χ1) is 17.8. The second kappa shape index (κ2) is 15.8. The van der Waals surface area contributed by atoms with Crippen molar-refractivity contribution in [2.45, 2.75) is 63.3 Å². The molecular weight excluding hydrogens is 546 g/mol. The molecule has 3 aromatic rings. The van der Waals surface area contributed by atoms with Crippen molar-refractivity contribution in [2.75, 3.05) is 30.3 Å². The molecular formula is C26H38ClN5O4S2. The van der Waals surface area contributed by atoms with Crippen LogP contribution in [-0.4, -0.2) is 45.0 Å². The summed E-state index contributed by atoms with van der Waals surface area (Å²) in [5.74, 6) is 0.111. The summed E-state index contributed by atoms with van der Waals surface area (Å²) in [7, 11) is -4.00. The van der Waals surface area contributed by atoms with Gasteiger partial charge in [-0.1, -0.05) is 44.4 Å². The fourth-order valence-corrected chi connectivity index (χ4v) is 5.47. The van der Waals surface area contributed by atoms with Gasteiger partial charge in [0.15, 0.2) is 5.13 Å². The van der Waals surface area contributed by atoms with Crippen molar-refractivity contribution in [2.24, 2.45) is 5.73 Å². The number of hydrogen-bond donors (Lipinski definition) is 4. The second-order valence-corrected chi connectivity index (χ2v) is 11.7. The van der Waals surface area contributed by atoms with Crippen LogP contribution in [0.3, 0.4) is 0 Å². The molecule has 5 N–H and O–H groups in total. The predicted molar refractivity (Wildman–Crippen MR) is 158 cm³/mol. The van der Waals surface area contributed by atoms with Crippen LogP contribution in [0.5, 0.6) is 5.75 Å². The summed E-state index contributed by atoms with van der Waals surface area (Å²) in [5, 5.41) is 9.88. The minimum atomic E-state index is -4.00. The average Bonchev–Trinajstić information content (AvgIpc) is 3.25. The summed E-state index contributed by atoms with van der Waals surface area (Å²) >= 11 is 1.28. The fraction of sp³-hybridized carbons (Fsp3) is 0.462. The van der Waals surface area contributed by atoms with Gasteiger partial charge in [-0.25, -0.2) is 4.98 Å². The summed E-state index contributed by atoms with van der Waals surface area (Å²) < 4.78 is 31.7. The van der Waals surface area contributed by atoms with E-state index < -0.39 is 10.1 Å². The predicted octanol–water partition coefficient (Wildman–Crippen LogP) is 5.13. The highest BCUT2D eigenvalue weighted by Crippen LogP contribution is 2.31. The molecule has 0 unspecified atom stereocenters. The Labute approximate surface area is 235 Å². The van der Waals surface area contributed by atoms with E-state index in [0.29, 0.717) is 29.7 Å². The third kappa shape index (κ3) is 10.4. The van der Waals surface area contributed by atoms with E-state index in [9.17, 15) is 13.2 Å². The van der Waals surface area contributed by atoms with Crippen LogP contribution >= 0.6 is 23.7 Å². The molecule has 0 saturated carbocycles. The topological polar surface area (TPSA) is 135 Å². The first kappa shape index (κ1) is 31.8. The lowest BCUT2D eigenvalue weighted by Gasteiger charge is -2.11. The summed E-state index contributed by atoms with van der Waals surface area (Å²) in [5.41, 5.74) is 6.98. The molecule has 0 aliphatic rings. The molecule has 0 saturated heterocycles. The SMILES string of the molecule is CC(C)NCCNc1ccc(S(=O)(=O)Oc2ccc3nc(NC(=O)CCCCCCCN)sc3c2)cc1.Cl. The van der Waals surface area contributed by atoms with Gasteiger partial charge in [0.25, 0.3) is 0 Å². The Hall–Kier alpha value is -2.44. The van der Waals surface area contributed by atoms with Crippen LogP contribution in [0.4, 0.5) is 10.8 Å². The molecule has 0 spiro atoms. The van der Waals surface area contributed by atoms with Crippen molar-refractivity contribution in [3.05, 3.63) is 42.5 Å². The number of anilines is 2. The smallest absolute Gasteiger partial charge is 0.339 e. The van der Waals surface area contributed by atoms with Crippen LogP contribution in [0.15, 0.2) is 47.4 Å². The molecule has 3 rings (SSSR count). The van der Waals surface area contributed by atoms with Gasteiger partial charge in [0.1, 0.15) is 10.6 Å². The van der Waals surface area contributed by atoms with Crippen LogP contribution in [0.1, 0.15) is 52.4 Å². The number of halogens is 1. The lowest BCUT2D eigenvalue weighted by atomic mass is 10.1. The van der Waals surface area contributed by atoms with Gasteiger partial charge in [0.2, 0.25) is 5.91 Å². The number of hydrogen-bond acceptors (Lipinski definition) is 9. The number of amides is 1. The van der Waals surface area contributed by atoms with Gasteiger partial charge >= 0.3 is 10.1 Å². The summed E-state index contributed by atoms with van der Waals surface area (Å²) in [4.78, 5) is 16.7. The minimum absolute atomic E-state index is 0. The molecule has 0 radical (unpaired) electrons. The molecule has 0 aliphatic carbocycles. The summed E-state index contributed by atoms with van der Waals surface area (Å²) in [6, 6.07) is 11.7. The van der Waals surface area contributed by atoms with Crippen LogP contribution in [0.2, 0.25) is 0 Å². The Kier molecular flexibility index (Phi) is 13.3. The van der Waals surface area contributed by atoms with Gasteiger partial charge in [0.05, 0.1) is 10.2 Å². The number of carbonyl (C=O) groups is 1. The molecule has 210 valence electrons. The number of fused-ring (bicyclic) bond motifs is 1. The average molecular weight is 584 g/mol. The van der Waals surface area contributed by atoms with Crippen LogP contribution in [-0.2, 0) is 14.9 Å².